The molecule has 0 N–H and O–H groups in total. The number of cyclic esters (lactones) is 1. The minimum atomic E-state index is -0.205. The van der Waals surface area contributed by atoms with Gasteiger partial charge < -0.3 is 4.74 Å². The van der Waals surface area contributed by atoms with Crippen molar-refractivity contribution in [2.75, 3.05) is 0 Å². The first-order valence-electron chi connectivity index (χ1n) is 9.15. The van der Waals surface area contributed by atoms with E-state index in [1.165, 1.54) is 51.4 Å². The third-order valence-electron chi connectivity index (χ3n) is 3.97. The van der Waals surface area contributed by atoms with Gasteiger partial charge in [0, 0.05) is 5.57 Å². The third-order valence-corrected chi connectivity index (χ3v) is 3.97. The van der Waals surface area contributed by atoms with Gasteiger partial charge >= 0.3 is 5.97 Å². The molecule has 1 aliphatic heterocycles. The lowest BCUT2D eigenvalue weighted by Gasteiger charge is -2.00. The van der Waals surface area contributed by atoms with Gasteiger partial charge in [0.05, 0.1) is 0 Å². The smallest absolute Gasteiger partial charge is 0.339 e. The Labute approximate surface area is 142 Å². The highest BCUT2D eigenvalue weighted by molar-refractivity contribution is 5.92. The first-order chi connectivity index (χ1) is 11.2. The van der Waals surface area contributed by atoms with Crippen molar-refractivity contribution in [3.63, 3.8) is 0 Å². The van der Waals surface area contributed by atoms with Crippen LogP contribution in [0.4, 0.5) is 0 Å². The Kier molecular flexibility index (Phi) is 10.9. The molecule has 128 valence electrons. The van der Waals surface area contributed by atoms with Crippen LogP contribution >= 0.6 is 0 Å². The molecule has 1 aliphatic rings. The molecule has 2 heteroatoms. The van der Waals surface area contributed by atoms with Gasteiger partial charge in [0.15, 0.2) is 0 Å². The monoisotopic (exact) mass is 316 g/mol. The van der Waals surface area contributed by atoms with E-state index in [1.807, 2.05) is 0 Å². The first-order valence-corrected chi connectivity index (χ1v) is 9.15. The second-order valence-electron chi connectivity index (χ2n) is 6.15. The van der Waals surface area contributed by atoms with Crippen LogP contribution in [0.2, 0.25) is 0 Å². The highest BCUT2D eigenvalue weighted by atomic mass is 16.5. The van der Waals surface area contributed by atoms with E-state index in [-0.39, 0.29) is 5.97 Å². The Morgan fingerprint density at radius 3 is 2.26 bits per heavy atom. The second kappa shape index (κ2) is 12.9. The van der Waals surface area contributed by atoms with Crippen molar-refractivity contribution in [3.8, 4) is 0 Å². The van der Waals surface area contributed by atoms with E-state index in [9.17, 15) is 4.79 Å². The van der Waals surface area contributed by atoms with E-state index in [0.29, 0.717) is 5.76 Å². The summed E-state index contributed by atoms with van der Waals surface area (Å²) in [6, 6.07) is 0. The summed E-state index contributed by atoms with van der Waals surface area (Å²) in [5.41, 5.74) is 0.782. The van der Waals surface area contributed by atoms with Gasteiger partial charge in [0.1, 0.15) is 5.76 Å². The van der Waals surface area contributed by atoms with Crippen LogP contribution in [0.15, 0.2) is 48.3 Å². The lowest BCUT2D eigenvalue weighted by molar-refractivity contribution is -0.133. The fourth-order valence-corrected chi connectivity index (χ4v) is 2.58. The molecule has 1 heterocycles. The predicted octanol–water partition coefficient (Wildman–Crippen LogP) is 6.41. The summed E-state index contributed by atoms with van der Waals surface area (Å²) in [6.07, 6.45) is 23.8. The van der Waals surface area contributed by atoms with E-state index in [0.717, 1.165) is 24.8 Å². The van der Waals surface area contributed by atoms with E-state index in [4.69, 9.17) is 4.74 Å². The highest BCUT2D eigenvalue weighted by Crippen LogP contribution is 2.21. The zero-order valence-corrected chi connectivity index (χ0v) is 14.7. The predicted molar refractivity (Wildman–Crippen MR) is 98.1 cm³/mol. The largest absolute Gasteiger partial charge is 0.424 e. The molecule has 0 aliphatic carbocycles. The molecule has 0 bridgehead atoms. The lowest BCUT2D eigenvalue weighted by atomic mass is 10.1. The van der Waals surface area contributed by atoms with Gasteiger partial charge in [0.25, 0.3) is 0 Å². The van der Waals surface area contributed by atoms with Crippen molar-refractivity contribution in [1.82, 2.24) is 0 Å². The van der Waals surface area contributed by atoms with Crippen LogP contribution < -0.4 is 0 Å². The molecule has 0 aromatic carbocycles. The van der Waals surface area contributed by atoms with Crippen LogP contribution in [0.1, 0.15) is 77.6 Å². The maximum absolute atomic E-state index is 11.4. The van der Waals surface area contributed by atoms with Crippen LogP contribution in [-0.4, -0.2) is 5.97 Å². The quantitative estimate of drug-likeness (QED) is 0.223. The number of unbranched alkanes of at least 4 members (excludes halogenated alkanes) is 7. The molecule has 0 fully saturated rings. The Balaban J connectivity index is 1.88. The molecule has 0 aromatic heterocycles. The molecule has 0 atom stereocenters. The molecular formula is C21H32O2. The van der Waals surface area contributed by atoms with Gasteiger partial charge in [-0.25, -0.2) is 4.79 Å². The Bertz CT molecular complexity index is 441. The molecule has 0 saturated carbocycles. The summed E-state index contributed by atoms with van der Waals surface area (Å²) in [7, 11) is 0. The minimum Gasteiger partial charge on any atom is -0.424 e. The molecule has 0 saturated heterocycles. The molecule has 1 rings (SSSR count). The molecule has 0 aromatic rings. The number of esters is 1. The van der Waals surface area contributed by atoms with E-state index in [1.54, 1.807) is 6.08 Å². The molecular weight excluding hydrogens is 284 g/mol. The van der Waals surface area contributed by atoms with Gasteiger partial charge in [-0.1, -0.05) is 69.9 Å². The number of rotatable bonds is 13. The molecule has 0 amide bonds. The Morgan fingerprint density at radius 1 is 0.957 bits per heavy atom. The van der Waals surface area contributed by atoms with Crippen LogP contribution in [-0.2, 0) is 9.53 Å². The average Bonchev–Trinajstić information content (AvgIpc) is 2.85. The minimum absolute atomic E-state index is 0.205. The lowest BCUT2D eigenvalue weighted by Crippen LogP contribution is -1.98. The topological polar surface area (TPSA) is 26.3 Å². The molecule has 0 unspecified atom stereocenters. The van der Waals surface area contributed by atoms with Crippen molar-refractivity contribution in [1.29, 1.82) is 0 Å². The van der Waals surface area contributed by atoms with Crippen molar-refractivity contribution in [3.05, 3.63) is 48.3 Å². The van der Waals surface area contributed by atoms with Crippen LogP contribution in [0.25, 0.3) is 0 Å². The van der Waals surface area contributed by atoms with Gasteiger partial charge in [0.2, 0.25) is 0 Å². The maximum atomic E-state index is 11.4. The second-order valence-corrected chi connectivity index (χ2v) is 6.15. The number of allylic oxidation sites excluding steroid dienone is 5. The summed E-state index contributed by atoms with van der Waals surface area (Å²) in [6.45, 7) is 5.87. The molecule has 23 heavy (non-hydrogen) atoms. The highest BCUT2D eigenvalue weighted by Gasteiger charge is 2.18. The fourth-order valence-electron chi connectivity index (χ4n) is 2.58. The van der Waals surface area contributed by atoms with E-state index >= 15 is 0 Å². The zero-order valence-electron chi connectivity index (χ0n) is 14.7. The summed E-state index contributed by atoms with van der Waals surface area (Å²) < 4.78 is 4.91. The third kappa shape index (κ3) is 9.93. The SMILES string of the molecule is C=C1C=C(CCCCCCCC=CCC=CCCCC)C(=O)O1. The van der Waals surface area contributed by atoms with Gasteiger partial charge in [-0.3, -0.25) is 0 Å². The number of carbonyl (C=O) groups is 1. The number of carbonyl (C=O) groups excluding carboxylic acids is 1. The van der Waals surface area contributed by atoms with Gasteiger partial charge in [-0.15, -0.1) is 0 Å². The Hall–Kier alpha value is -1.57. The first kappa shape index (κ1) is 19.5. The van der Waals surface area contributed by atoms with Crippen LogP contribution in [0, 0.1) is 0 Å². The summed E-state index contributed by atoms with van der Waals surface area (Å²) >= 11 is 0. The summed E-state index contributed by atoms with van der Waals surface area (Å²) in [4.78, 5) is 11.4. The molecule has 2 nitrogen and oxygen atoms in total. The zero-order chi connectivity index (χ0) is 16.8. The van der Waals surface area contributed by atoms with Crippen LogP contribution in [0.3, 0.4) is 0 Å². The van der Waals surface area contributed by atoms with Crippen molar-refractivity contribution in [2.45, 2.75) is 77.6 Å². The number of hydrogen-bond acceptors (Lipinski definition) is 2. The molecule has 0 spiro atoms. The summed E-state index contributed by atoms with van der Waals surface area (Å²) in [5, 5.41) is 0. The van der Waals surface area contributed by atoms with Crippen LogP contribution in [0.5, 0.6) is 0 Å². The molecule has 0 radical (unpaired) electrons. The summed E-state index contributed by atoms with van der Waals surface area (Å²) in [5.74, 6) is 0.279. The Morgan fingerprint density at radius 2 is 1.61 bits per heavy atom. The fraction of sp³-hybridized carbons (Fsp3) is 0.571. The van der Waals surface area contributed by atoms with Crippen molar-refractivity contribution in [2.24, 2.45) is 0 Å². The standard InChI is InChI=1S/C21H32O2/c1-3-4-5-6-7-8-9-10-11-12-13-14-15-16-17-20-18-19(2)23-21(20)22/h6-7,9-10,18H,2-5,8,11-17H2,1H3. The van der Waals surface area contributed by atoms with Crippen molar-refractivity contribution >= 4 is 5.97 Å². The number of ether oxygens (including phenoxy) is 1. The van der Waals surface area contributed by atoms with Gasteiger partial charge in [-0.2, -0.15) is 0 Å². The average molecular weight is 316 g/mol. The van der Waals surface area contributed by atoms with Gasteiger partial charge in [-0.05, 0) is 44.6 Å². The number of hydrogen-bond donors (Lipinski definition) is 0. The maximum Gasteiger partial charge on any atom is 0.339 e. The van der Waals surface area contributed by atoms with Crippen molar-refractivity contribution < 1.29 is 9.53 Å². The van der Waals surface area contributed by atoms with E-state index in [2.05, 4.69) is 37.8 Å². The normalized spacial score (nSPS) is 14.9. The van der Waals surface area contributed by atoms with E-state index < -0.39 is 0 Å².